The number of carbonyl (C=O) groups is 1. The number of nitrogens with one attached hydrogen (secondary N) is 1. The van der Waals surface area contributed by atoms with Crippen LogP contribution in [0.3, 0.4) is 0 Å². The first kappa shape index (κ1) is 7.66. The molecule has 0 saturated carbocycles. The Morgan fingerprint density at radius 2 is 2.38 bits per heavy atom. The number of hydrogen-bond donors (Lipinski definition) is 2. The molecule has 0 spiro atoms. The molecule has 0 bridgehead atoms. The van der Waals surface area contributed by atoms with Crippen molar-refractivity contribution in [3.05, 3.63) is 0 Å². The third-order valence-corrected chi connectivity index (χ3v) is 0.959. The predicted molar refractivity (Wildman–Crippen MR) is 30.9 cm³/mol. The fraction of sp³-hybridized carbons (Fsp3) is 0.667. The van der Waals surface area contributed by atoms with E-state index in [4.69, 9.17) is 5.11 Å². The maximum atomic E-state index is 9.74. The fourth-order valence-electron chi connectivity index (χ4n) is 0.238. The summed E-state index contributed by atoms with van der Waals surface area (Å²) < 4.78 is 9.74. The zero-order chi connectivity index (χ0) is 6.41. The Morgan fingerprint density at radius 3 is 2.75 bits per heavy atom. The molecule has 0 aromatic carbocycles. The first-order chi connectivity index (χ1) is 3.77. The topological polar surface area (TPSA) is 66.4 Å². The van der Waals surface area contributed by atoms with E-state index < -0.39 is 14.4 Å². The maximum Gasteiger partial charge on any atom is 0.317 e. The Kier molecular flexibility index (Phi) is 4.61. The van der Waals surface area contributed by atoms with Crippen LogP contribution in [0.15, 0.2) is 0 Å². The molecule has 0 aromatic rings. The van der Waals surface area contributed by atoms with Gasteiger partial charge in [-0.3, -0.25) is 4.79 Å². The van der Waals surface area contributed by atoms with Crippen molar-refractivity contribution in [1.82, 2.24) is 5.32 Å². The molecule has 8 heavy (non-hydrogen) atoms. The van der Waals surface area contributed by atoms with Crippen molar-refractivity contribution in [1.29, 1.82) is 0 Å². The van der Waals surface area contributed by atoms with E-state index in [2.05, 4.69) is 5.32 Å². The highest BCUT2D eigenvalue weighted by Crippen LogP contribution is 1.82. The van der Waals surface area contributed by atoms with E-state index >= 15 is 0 Å². The standard InChI is InChI=1S/C3H8NO3P/c5-3(6)1-4-2-8-7/h4H,1-2,8H2,(H,5,6). The smallest absolute Gasteiger partial charge is 0.317 e. The molecule has 0 aliphatic rings. The average Bonchev–Trinajstić information content (AvgIpc) is 1.66. The van der Waals surface area contributed by atoms with Crippen molar-refractivity contribution in [2.75, 3.05) is 12.8 Å². The molecule has 0 fully saturated rings. The number of hydrogen-bond acceptors (Lipinski definition) is 3. The summed E-state index contributed by atoms with van der Waals surface area (Å²) in [6.07, 6.45) is 0.312. The Balaban J connectivity index is 2.93. The lowest BCUT2D eigenvalue weighted by Gasteiger charge is -1.90. The minimum atomic E-state index is -0.919. The largest absolute Gasteiger partial charge is 0.480 e. The molecule has 4 nitrogen and oxygen atoms in total. The van der Waals surface area contributed by atoms with E-state index in [1.165, 1.54) is 0 Å². The number of aliphatic carboxylic acids is 1. The Bertz CT molecular complexity index is 94.5. The molecule has 0 heterocycles. The van der Waals surface area contributed by atoms with Crippen LogP contribution in [0.5, 0.6) is 0 Å². The van der Waals surface area contributed by atoms with Crippen molar-refractivity contribution >= 4 is 14.4 Å². The highest BCUT2D eigenvalue weighted by atomic mass is 31.1. The van der Waals surface area contributed by atoms with Gasteiger partial charge >= 0.3 is 5.97 Å². The molecule has 5 heteroatoms. The van der Waals surface area contributed by atoms with Gasteiger partial charge in [-0.2, -0.15) is 0 Å². The van der Waals surface area contributed by atoms with Gasteiger partial charge in [0.05, 0.1) is 15.0 Å². The second-order valence-electron chi connectivity index (χ2n) is 1.19. The lowest BCUT2D eigenvalue weighted by molar-refractivity contribution is -0.135. The number of carboxylic acid groups (broad SMARTS) is 1. The maximum absolute atomic E-state index is 9.74. The number of carboxylic acids is 1. The molecule has 0 rings (SSSR count). The zero-order valence-corrected chi connectivity index (χ0v) is 5.41. The van der Waals surface area contributed by atoms with Crippen molar-refractivity contribution in [3.63, 3.8) is 0 Å². The van der Waals surface area contributed by atoms with E-state index in [1.807, 2.05) is 0 Å². The van der Waals surface area contributed by atoms with Crippen molar-refractivity contribution in [2.45, 2.75) is 0 Å². The summed E-state index contributed by atoms with van der Waals surface area (Å²) in [6, 6.07) is 0. The number of rotatable bonds is 4. The Labute approximate surface area is 48.1 Å². The molecule has 0 radical (unpaired) electrons. The molecule has 0 aliphatic carbocycles. The van der Waals surface area contributed by atoms with E-state index in [-0.39, 0.29) is 6.54 Å². The Hall–Kier alpha value is -0.340. The monoisotopic (exact) mass is 137 g/mol. The summed E-state index contributed by atoms with van der Waals surface area (Å²) in [6.45, 7) is -0.102. The molecule has 0 amide bonds. The van der Waals surface area contributed by atoms with Crippen molar-refractivity contribution in [3.8, 4) is 0 Å². The molecule has 0 saturated heterocycles. The van der Waals surface area contributed by atoms with Gasteiger partial charge in [-0.15, -0.1) is 0 Å². The van der Waals surface area contributed by atoms with Crippen LogP contribution >= 0.6 is 8.46 Å². The van der Waals surface area contributed by atoms with Crippen LogP contribution < -0.4 is 5.32 Å². The van der Waals surface area contributed by atoms with Crippen molar-refractivity contribution in [2.24, 2.45) is 0 Å². The van der Waals surface area contributed by atoms with Crippen LogP contribution in [0, 0.1) is 0 Å². The highest BCUT2D eigenvalue weighted by Gasteiger charge is 1.90. The fourth-order valence-corrected chi connectivity index (χ4v) is 0.500. The summed E-state index contributed by atoms with van der Waals surface area (Å²) in [5.74, 6) is -0.919. The summed E-state index contributed by atoms with van der Waals surface area (Å²) in [5.41, 5.74) is 0. The summed E-state index contributed by atoms with van der Waals surface area (Å²) in [7, 11) is -0.860. The molecular formula is C3H8NO3P. The van der Waals surface area contributed by atoms with Crippen LogP contribution in [0.1, 0.15) is 0 Å². The summed E-state index contributed by atoms with van der Waals surface area (Å²) in [5, 5.41) is 10.4. The van der Waals surface area contributed by atoms with Gasteiger partial charge in [0.2, 0.25) is 0 Å². The lowest BCUT2D eigenvalue weighted by atomic mass is 10.7. The second-order valence-corrected chi connectivity index (χ2v) is 1.93. The highest BCUT2D eigenvalue weighted by molar-refractivity contribution is 7.23. The van der Waals surface area contributed by atoms with Crippen LogP contribution in [-0.2, 0) is 9.36 Å². The molecule has 1 unspecified atom stereocenters. The SMILES string of the molecule is O=[PH2]CNCC(=O)O. The van der Waals surface area contributed by atoms with Crippen molar-refractivity contribution < 1.29 is 14.5 Å². The average molecular weight is 137 g/mol. The van der Waals surface area contributed by atoms with Gasteiger partial charge in [0.15, 0.2) is 0 Å². The Morgan fingerprint density at radius 1 is 1.75 bits per heavy atom. The lowest BCUT2D eigenvalue weighted by Crippen LogP contribution is -2.20. The van der Waals surface area contributed by atoms with Gasteiger partial charge in [-0.1, -0.05) is 0 Å². The van der Waals surface area contributed by atoms with Crippen LogP contribution in [-0.4, -0.2) is 23.9 Å². The molecule has 1 atom stereocenters. The van der Waals surface area contributed by atoms with Gasteiger partial charge in [0, 0.05) is 6.29 Å². The molecule has 0 aliphatic heterocycles. The van der Waals surface area contributed by atoms with Gasteiger partial charge in [0.25, 0.3) is 0 Å². The van der Waals surface area contributed by atoms with Gasteiger partial charge in [-0.05, 0) is 0 Å². The zero-order valence-electron chi connectivity index (χ0n) is 4.26. The molecule has 48 valence electrons. The quantitative estimate of drug-likeness (QED) is 0.400. The third kappa shape index (κ3) is 5.66. The van der Waals surface area contributed by atoms with Gasteiger partial charge in [0.1, 0.15) is 0 Å². The first-order valence-corrected chi connectivity index (χ1v) is 3.42. The summed E-state index contributed by atoms with van der Waals surface area (Å²) >= 11 is 0. The van der Waals surface area contributed by atoms with E-state index in [0.717, 1.165) is 0 Å². The molecule has 2 N–H and O–H groups in total. The molecule has 0 aromatic heterocycles. The normalized spacial score (nSPS) is 10.5. The van der Waals surface area contributed by atoms with E-state index in [1.54, 1.807) is 0 Å². The second kappa shape index (κ2) is 4.81. The van der Waals surface area contributed by atoms with E-state index in [0.29, 0.717) is 6.29 Å². The minimum absolute atomic E-state index is 0.102. The van der Waals surface area contributed by atoms with Crippen LogP contribution in [0.2, 0.25) is 0 Å². The minimum Gasteiger partial charge on any atom is -0.480 e. The van der Waals surface area contributed by atoms with Crippen LogP contribution in [0.4, 0.5) is 0 Å². The first-order valence-electron chi connectivity index (χ1n) is 2.13. The molecular weight excluding hydrogens is 129 g/mol. The van der Waals surface area contributed by atoms with Crippen LogP contribution in [0.25, 0.3) is 0 Å². The van der Waals surface area contributed by atoms with E-state index in [9.17, 15) is 9.36 Å². The predicted octanol–water partition coefficient (Wildman–Crippen LogP) is -0.626. The van der Waals surface area contributed by atoms with Gasteiger partial charge < -0.3 is 15.0 Å². The van der Waals surface area contributed by atoms with Gasteiger partial charge in [-0.25, -0.2) is 0 Å². The third-order valence-electron chi connectivity index (χ3n) is 0.504. The summed E-state index contributed by atoms with van der Waals surface area (Å²) in [4.78, 5) is 9.72.